The average Bonchev–Trinajstić information content (AvgIpc) is 1.99. The maximum atomic E-state index is 11.1. The molecule has 0 aliphatic heterocycles. The van der Waals surface area contributed by atoms with Crippen molar-refractivity contribution in [2.24, 2.45) is 0 Å². The first kappa shape index (κ1) is 12.3. The number of carbonyl (C=O) groups is 2. The van der Waals surface area contributed by atoms with E-state index in [1.807, 2.05) is 6.26 Å². The van der Waals surface area contributed by atoms with E-state index in [9.17, 15) is 9.59 Å². The van der Waals surface area contributed by atoms with Gasteiger partial charge in [-0.25, -0.2) is 4.79 Å². The fourth-order valence-electron chi connectivity index (χ4n) is 0.659. The van der Waals surface area contributed by atoms with Crippen LogP contribution in [0.25, 0.3) is 0 Å². The van der Waals surface area contributed by atoms with Gasteiger partial charge >= 0.3 is 5.97 Å². The van der Waals surface area contributed by atoms with E-state index in [1.54, 1.807) is 11.8 Å². The lowest BCUT2D eigenvalue weighted by Crippen LogP contribution is -2.49. The number of carbonyl (C=O) groups excluding carboxylic acids is 1. The van der Waals surface area contributed by atoms with E-state index < -0.39 is 11.5 Å². The Morgan fingerprint density at radius 1 is 1.46 bits per heavy atom. The van der Waals surface area contributed by atoms with Crippen LogP contribution in [-0.2, 0) is 9.59 Å². The molecule has 0 rings (SSSR count). The maximum Gasteiger partial charge on any atom is 0.328 e. The number of thioether (sulfide) groups is 1. The van der Waals surface area contributed by atoms with E-state index >= 15 is 0 Å². The van der Waals surface area contributed by atoms with Crippen molar-refractivity contribution in [1.82, 2.24) is 5.32 Å². The first-order valence-electron chi connectivity index (χ1n) is 3.93. The largest absolute Gasteiger partial charge is 0.480 e. The van der Waals surface area contributed by atoms with Crippen molar-refractivity contribution in [3.63, 3.8) is 0 Å². The second kappa shape index (κ2) is 5.11. The summed E-state index contributed by atoms with van der Waals surface area (Å²) in [5, 5.41) is 11.1. The Morgan fingerprint density at radius 3 is 2.38 bits per heavy atom. The van der Waals surface area contributed by atoms with Crippen LogP contribution in [0.1, 0.15) is 20.3 Å². The van der Waals surface area contributed by atoms with Gasteiger partial charge in [-0.3, -0.25) is 4.79 Å². The molecule has 2 N–H and O–H groups in total. The van der Waals surface area contributed by atoms with Gasteiger partial charge in [0.1, 0.15) is 5.54 Å². The van der Waals surface area contributed by atoms with Gasteiger partial charge in [-0.2, -0.15) is 11.8 Å². The van der Waals surface area contributed by atoms with E-state index in [1.165, 1.54) is 13.8 Å². The van der Waals surface area contributed by atoms with Crippen LogP contribution in [0.4, 0.5) is 0 Å². The number of hydrogen-bond acceptors (Lipinski definition) is 3. The van der Waals surface area contributed by atoms with Gasteiger partial charge in [0, 0.05) is 12.2 Å². The van der Waals surface area contributed by atoms with Crippen LogP contribution in [0.3, 0.4) is 0 Å². The number of amides is 1. The second-order valence-electron chi connectivity index (χ2n) is 3.22. The van der Waals surface area contributed by atoms with E-state index in [-0.39, 0.29) is 5.91 Å². The minimum absolute atomic E-state index is 0.221. The fourth-order valence-corrected chi connectivity index (χ4v) is 1.05. The number of hydrogen-bond donors (Lipinski definition) is 2. The number of nitrogens with one attached hydrogen (secondary N) is 1. The lowest BCUT2D eigenvalue weighted by atomic mass is 10.1. The summed E-state index contributed by atoms with van der Waals surface area (Å²) in [6.07, 6.45) is 2.26. The van der Waals surface area contributed by atoms with Gasteiger partial charge in [-0.05, 0) is 20.1 Å². The highest BCUT2D eigenvalue weighted by Gasteiger charge is 2.28. The highest BCUT2D eigenvalue weighted by Crippen LogP contribution is 2.03. The SMILES string of the molecule is CSCCC(=O)NC(C)(C)C(=O)O. The molecule has 0 radical (unpaired) electrons. The smallest absolute Gasteiger partial charge is 0.328 e. The fraction of sp³-hybridized carbons (Fsp3) is 0.750. The van der Waals surface area contributed by atoms with Crippen LogP contribution < -0.4 is 5.32 Å². The van der Waals surface area contributed by atoms with Crippen LogP contribution in [0.5, 0.6) is 0 Å². The zero-order valence-corrected chi connectivity index (χ0v) is 8.90. The van der Waals surface area contributed by atoms with Crippen molar-refractivity contribution < 1.29 is 14.7 Å². The van der Waals surface area contributed by atoms with Crippen LogP contribution in [0.2, 0.25) is 0 Å². The number of carboxylic acid groups (broad SMARTS) is 1. The lowest BCUT2D eigenvalue weighted by molar-refractivity contribution is -0.145. The zero-order chi connectivity index (χ0) is 10.5. The topological polar surface area (TPSA) is 66.4 Å². The molecule has 0 atom stereocenters. The van der Waals surface area contributed by atoms with Gasteiger partial charge in [0.2, 0.25) is 5.91 Å². The lowest BCUT2D eigenvalue weighted by Gasteiger charge is -2.20. The standard InChI is InChI=1S/C8H15NO3S/c1-8(2,7(11)12)9-6(10)4-5-13-3/h4-5H2,1-3H3,(H,9,10)(H,11,12). The van der Waals surface area contributed by atoms with Crippen LogP contribution in [-0.4, -0.2) is 34.5 Å². The molecular formula is C8H15NO3S. The summed E-state index contributed by atoms with van der Waals surface area (Å²) in [5.41, 5.74) is -1.17. The molecule has 0 fully saturated rings. The second-order valence-corrected chi connectivity index (χ2v) is 4.21. The molecule has 1 amide bonds. The zero-order valence-electron chi connectivity index (χ0n) is 8.09. The number of aliphatic carboxylic acids is 1. The summed E-state index contributed by atoms with van der Waals surface area (Å²) < 4.78 is 0. The van der Waals surface area contributed by atoms with Gasteiger partial charge in [0.05, 0.1) is 0 Å². The molecule has 0 aromatic heterocycles. The molecule has 0 bridgehead atoms. The Balaban J connectivity index is 3.97. The predicted molar refractivity (Wildman–Crippen MR) is 52.9 cm³/mol. The molecule has 5 heteroatoms. The van der Waals surface area contributed by atoms with Gasteiger partial charge in [0.15, 0.2) is 0 Å². The summed E-state index contributed by atoms with van der Waals surface area (Å²) in [6, 6.07) is 0. The molecule has 0 spiro atoms. The van der Waals surface area contributed by atoms with Gasteiger partial charge in [0.25, 0.3) is 0 Å². The van der Waals surface area contributed by atoms with Crippen molar-refractivity contribution in [2.45, 2.75) is 25.8 Å². The molecule has 0 saturated carbocycles. The quantitative estimate of drug-likeness (QED) is 0.694. The van der Waals surface area contributed by atoms with Crippen molar-refractivity contribution in [3.8, 4) is 0 Å². The molecule has 13 heavy (non-hydrogen) atoms. The number of carboxylic acids is 1. The minimum Gasteiger partial charge on any atom is -0.480 e. The van der Waals surface area contributed by atoms with Crippen LogP contribution >= 0.6 is 11.8 Å². The highest BCUT2D eigenvalue weighted by molar-refractivity contribution is 7.98. The minimum atomic E-state index is -1.17. The maximum absolute atomic E-state index is 11.1. The predicted octanol–water partition coefficient (Wildman–Crippen LogP) is 0.719. The molecule has 0 saturated heterocycles. The molecular weight excluding hydrogens is 190 g/mol. The first-order chi connectivity index (χ1) is 5.90. The van der Waals surface area contributed by atoms with E-state index in [4.69, 9.17) is 5.11 Å². The normalized spacial score (nSPS) is 11.0. The summed E-state index contributed by atoms with van der Waals surface area (Å²) in [5.74, 6) is -0.534. The van der Waals surface area contributed by atoms with Crippen molar-refractivity contribution in [1.29, 1.82) is 0 Å². The summed E-state index contributed by atoms with van der Waals surface area (Å²) in [7, 11) is 0. The Bertz CT molecular complexity index is 204. The van der Waals surface area contributed by atoms with E-state index in [0.29, 0.717) is 12.2 Å². The van der Waals surface area contributed by atoms with Crippen LogP contribution in [0, 0.1) is 0 Å². The van der Waals surface area contributed by atoms with Crippen molar-refractivity contribution >= 4 is 23.6 Å². The molecule has 0 aliphatic carbocycles. The summed E-state index contributed by atoms with van der Waals surface area (Å²) in [4.78, 5) is 21.7. The molecule has 0 aromatic rings. The molecule has 0 unspecified atom stereocenters. The van der Waals surface area contributed by atoms with Crippen LogP contribution in [0.15, 0.2) is 0 Å². The Kier molecular flexibility index (Phi) is 4.83. The first-order valence-corrected chi connectivity index (χ1v) is 5.33. The van der Waals surface area contributed by atoms with E-state index in [0.717, 1.165) is 0 Å². The van der Waals surface area contributed by atoms with E-state index in [2.05, 4.69) is 5.32 Å². The Morgan fingerprint density at radius 2 is 2.00 bits per heavy atom. The van der Waals surface area contributed by atoms with Gasteiger partial charge < -0.3 is 10.4 Å². The molecule has 0 heterocycles. The Hall–Kier alpha value is -0.710. The molecule has 76 valence electrons. The molecule has 0 aliphatic rings. The van der Waals surface area contributed by atoms with Gasteiger partial charge in [-0.15, -0.1) is 0 Å². The third-order valence-electron chi connectivity index (χ3n) is 1.52. The average molecular weight is 205 g/mol. The third kappa shape index (κ3) is 4.77. The number of rotatable bonds is 5. The van der Waals surface area contributed by atoms with Gasteiger partial charge in [-0.1, -0.05) is 0 Å². The molecule has 4 nitrogen and oxygen atoms in total. The summed E-state index contributed by atoms with van der Waals surface area (Å²) in [6.45, 7) is 2.93. The Labute approximate surface area is 82.1 Å². The van der Waals surface area contributed by atoms with Crippen molar-refractivity contribution in [3.05, 3.63) is 0 Å². The van der Waals surface area contributed by atoms with Crippen molar-refractivity contribution in [2.75, 3.05) is 12.0 Å². The molecule has 0 aromatic carbocycles. The monoisotopic (exact) mass is 205 g/mol. The third-order valence-corrected chi connectivity index (χ3v) is 2.13. The summed E-state index contributed by atoms with van der Waals surface area (Å²) >= 11 is 1.56. The highest BCUT2D eigenvalue weighted by atomic mass is 32.2.